The largest absolute Gasteiger partial charge is 0.488 e. The molecular weight excluding hydrogens is 2200 g/mol. The lowest BCUT2D eigenvalue weighted by atomic mass is 10.1. The lowest BCUT2D eigenvalue weighted by Crippen LogP contribution is -2.10. The molecule has 0 heterocycles. The number of carbonyl (C=O) groups is 6. The molecule has 40 heteroatoms. The van der Waals surface area contributed by atoms with Crippen LogP contribution in [0, 0.1) is 92.8 Å². The van der Waals surface area contributed by atoms with Crippen molar-refractivity contribution in [1.29, 1.82) is 0 Å². The van der Waals surface area contributed by atoms with Crippen molar-refractivity contribution >= 4 is 85.9 Å². The van der Waals surface area contributed by atoms with Crippen LogP contribution in [0.25, 0.3) is 0 Å². The summed E-state index contributed by atoms with van der Waals surface area (Å²) < 4.78 is 318. The summed E-state index contributed by atoms with van der Waals surface area (Å²) in [6.07, 6.45) is -15.8. The predicted octanol–water partition coefficient (Wildman–Crippen LogP) is 32.3. The van der Waals surface area contributed by atoms with Crippen molar-refractivity contribution in [2.45, 2.75) is 207 Å². The fourth-order valence-electron chi connectivity index (χ4n) is 12.7. The number of benzene rings is 12. The highest BCUT2D eigenvalue weighted by Gasteiger charge is 2.28. The summed E-state index contributed by atoms with van der Waals surface area (Å²) in [5.41, 5.74) is 1.19. The summed E-state index contributed by atoms with van der Waals surface area (Å²) in [6, 6.07) is 42.0. The van der Waals surface area contributed by atoms with Crippen LogP contribution in [-0.2, 0) is 68.4 Å². The average Bonchev–Trinajstić information content (AvgIpc) is 0.825. The number of hydrogen-bond donors (Lipinski definition) is 0. The Morgan fingerprint density at radius 2 is 0.490 bits per heavy atom. The number of halogens is 22. The smallest absolute Gasteiger partial charge is 0.310 e. The first-order valence-electron chi connectivity index (χ1n) is 45.3. The van der Waals surface area contributed by atoms with Crippen LogP contribution in [0.3, 0.4) is 0 Å². The molecule has 798 valence electrons. The first kappa shape index (κ1) is 122. The SMILES string of the molecule is CCC(=O)Oc1cccc(Br)c1COc1cc(F)c(C)cc1C(F)F.CCC(=O)Oc1cccc(C)c1COc1cc(F)c(C)cc1C(F)F.CCC(=O)Oc1cccc(Cl)c1COc1cc(F)c(C)cc1C(F)F.CCC(=O)Oc1cccc(F)c1COc1cc(F)c(C)cc1C(F)F.CCC(=O)Oc1cccc(I)c1COc1cc(F)c(C)cc1C(F)F.CCC(=O)Oc1ccccc1COc1cc(F)c(C)cc1C(F)F. The van der Waals surface area contributed by atoms with Gasteiger partial charge in [-0.1, -0.05) is 124 Å². The molecule has 18 nitrogen and oxygen atoms in total. The summed E-state index contributed by atoms with van der Waals surface area (Å²) in [7, 11) is 0. The van der Waals surface area contributed by atoms with Crippen LogP contribution < -0.4 is 56.8 Å². The van der Waals surface area contributed by atoms with Crippen LogP contribution in [0.5, 0.6) is 69.0 Å². The molecular formula is C109H100BrClF19IO18. The molecule has 0 amide bonds. The number of aryl methyl sites for hydroxylation is 7. The van der Waals surface area contributed by atoms with Gasteiger partial charge >= 0.3 is 35.8 Å². The molecule has 149 heavy (non-hydrogen) atoms. The molecule has 12 aromatic carbocycles. The van der Waals surface area contributed by atoms with Gasteiger partial charge in [-0.05, 0) is 207 Å². The van der Waals surface area contributed by atoms with Gasteiger partial charge in [0.15, 0.2) is 0 Å². The second-order valence-corrected chi connectivity index (χ2v) is 34.3. The molecule has 12 aromatic rings. The van der Waals surface area contributed by atoms with Gasteiger partial charge in [-0.15, -0.1) is 0 Å². The molecule has 0 aliphatic rings. The van der Waals surface area contributed by atoms with E-state index in [0.29, 0.717) is 43.8 Å². The van der Waals surface area contributed by atoms with Crippen LogP contribution in [0.2, 0.25) is 5.02 Å². The van der Waals surface area contributed by atoms with Gasteiger partial charge < -0.3 is 56.8 Å². The van der Waals surface area contributed by atoms with Gasteiger partial charge in [-0.2, -0.15) is 0 Å². The van der Waals surface area contributed by atoms with Crippen LogP contribution in [0.4, 0.5) is 83.4 Å². The van der Waals surface area contributed by atoms with Gasteiger partial charge in [0.1, 0.15) is 149 Å². The number of ether oxygens (including phenoxy) is 12. The number of carbonyl (C=O) groups excluding carboxylic acids is 6. The molecule has 0 atom stereocenters. The van der Waals surface area contributed by atoms with Gasteiger partial charge in [-0.3, -0.25) is 28.8 Å². The van der Waals surface area contributed by atoms with Crippen molar-refractivity contribution in [3.63, 3.8) is 0 Å². The maximum Gasteiger partial charge on any atom is 0.310 e. The Morgan fingerprint density at radius 1 is 0.255 bits per heavy atom. The highest BCUT2D eigenvalue weighted by molar-refractivity contribution is 14.1. The molecule has 0 spiro atoms. The van der Waals surface area contributed by atoms with E-state index in [9.17, 15) is 112 Å². The van der Waals surface area contributed by atoms with E-state index in [1.54, 1.807) is 139 Å². The first-order valence-corrected chi connectivity index (χ1v) is 47.6. The highest BCUT2D eigenvalue weighted by Crippen LogP contribution is 2.43. The van der Waals surface area contributed by atoms with Crippen molar-refractivity contribution in [2.24, 2.45) is 0 Å². The third-order valence-electron chi connectivity index (χ3n) is 21.1. The summed E-state index contributed by atoms with van der Waals surface area (Å²) in [6.45, 7) is 18.7. The molecule has 0 saturated heterocycles. The summed E-state index contributed by atoms with van der Waals surface area (Å²) in [5.74, 6) is -7.73. The van der Waals surface area contributed by atoms with E-state index in [1.165, 1.54) is 59.7 Å². The molecule has 0 aliphatic carbocycles. The summed E-state index contributed by atoms with van der Waals surface area (Å²) in [4.78, 5) is 68.9. The van der Waals surface area contributed by atoms with E-state index in [4.69, 9.17) is 68.4 Å². The van der Waals surface area contributed by atoms with Crippen LogP contribution in [-0.4, -0.2) is 35.8 Å². The highest BCUT2D eigenvalue weighted by atomic mass is 127. The quantitative estimate of drug-likeness (QED) is 0.0154. The number of rotatable bonds is 36. The minimum absolute atomic E-state index is 0.0473. The topological polar surface area (TPSA) is 213 Å². The molecule has 0 bridgehead atoms. The van der Waals surface area contributed by atoms with E-state index >= 15 is 0 Å². The monoisotopic (exact) mass is 2300 g/mol. The van der Waals surface area contributed by atoms with Gasteiger partial charge in [0.05, 0.1) is 49.5 Å². The normalized spacial score (nSPS) is 10.8. The van der Waals surface area contributed by atoms with Crippen LogP contribution >= 0.6 is 50.1 Å². The molecule has 0 aliphatic heterocycles. The lowest BCUT2D eigenvalue weighted by molar-refractivity contribution is -0.135. The van der Waals surface area contributed by atoms with Crippen molar-refractivity contribution in [1.82, 2.24) is 0 Å². The van der Waals surface area contributed by atoms with Crippen LogP contribution in [0.1, 0.15) is 224 Å². The number of esters is 6. The minimum Gasteiger partial charge on any atom is -0.488 e. The van der Waals surface area contributed by atoms with E-state index in [0.717, 1.165) is 88.0 Å². The van der Waals surface area contributed by atoms with Gasteiger partial charge in [-0.25, -0.2) is 83.4 Å². The third-order valence-corrected chi connectivity index (χ3v) is 23.2. The van der Waals surface area contributed by atoms with E-state index in [-0.39, 0.29) is 184 Å². The zero-order chi connectivity index (χ0) is 110. The molecule has 0 saturated carbocycles. The number of para-hydroxylation sites is 1. The Balaban J connectivity index is 0.000000242. The molecule has 0 N–H and O–H groups in total. The van der Waals surface area contributed by atoms with Gasteiger partial charge in [0.2, 0.25) is 0 Å². The minimum atomic E-state index is -2.88. The lowest BCUT2D eigenvalue weighted by Gasteiger charge is -2.16. The third kappa shape index (κ3) is 36.7. The number of hydrogen-bond acceptors (Lipinski definition) is 18. The zero-order valence-electron chi connectivity index (χ0n) is 82.0. The maximum absolute atomic E-state index is 14.0. The Labute approximate surface area is 873 Å². The summed E-state index contributed by atoms with van der Waals surface area (Å²) in [5, 5.41) is 0.243. The zero-order valence-corrected chi connectivity index (χ0v) is 86.5. The summed E-state index contributed by atoms with van der Waals surface area (Å²) >= 11 is 11.4. The molecule has 0 unspecified atom stereocenters. The Bertz CT molecular complexity index is 5880. The molecule has 0 fully saturated rings. The standard InChI is InChI=1S/C19H19F3O3.C18H16BrF3O3.C18H16ClF3O3.C18H16F4O3.C18H16F3IO3.C18H17F3O3/c1-4-18(23)25-16-7-5-6-11(2)14(16)10-24-17-9-15(20)12(3)8-13(17)19(21)22;3*1-3-17(23)25-15-6-4-5-13(19)12(15)9-24-16-8-14(20)10(2)7-11(16)18(21)22;1-3-17(23)25-15-6-4-5-14(22)12(15)9-24-16-8-13(19)10(2)7-11(16)18(20)21;1-3-17(22)24-15-7-5-4-6-12(15)10-23-16-9-14(19)11(2)8-13(16)18(20)21/h5-9,19H,4,10H2,1-3H3;4*4-8,18H,3,9H2,1-2H3;4-9,18H,3,10H2,1-2H3. The van der Waals surface area contributed by atoms with Crippen molar-refractivity contribution in [2.75, 3.05) is 0 Å². The van der Waals surface area contributed by atoms with Crippen LogP contribution in [0.15, 0.2) is 193 Å². The van der Waals surface area contributed by atoms with Crippen molar-refractivity contribution in [3.8, 4) is 69.0 Å². The van der Waals surface area contributed by atoms with E-state index < -0.39 is 144 Å². The average molecular weight is 2300 g/mol. The first-order chi connectivity index (χ1) is 70.6. The van der Waals surface area contributed by atoms with Gasteiger partial charge in [0, 0.05) is 105 Å². The Kier molecular flexibility index (Phi) is 48.9. The second-order valence-electron chi connectivity index (χ2n) is 31.9. The Hall–Kier alpha value is -13.6. The molecule has 0 aromatic heterocycles. The second kappa shape index (κ2) is 59.6. The fourth-order valence-corrected chi connectivity index (χ4v) is 14.0. The molecule has 12 rings (SSSR count). The van der Waals surface area contributed by atoms with E-state index in [2.05, 4.69) is 15.9 Å². The van der Waals surface area contributed by atoms with Crippen molar-refractivity contribution in [3.05, 3.63) is 348 Å². The Morgan fingerprint density at radius 3 is 0.819 bits per heavy atom. The van der Waals surface area contributed by atoms with Gasteiger partial charge in [0.25, 0.3) is 38.6 Å². The number of alkyl halides is 12. The fraction of sp³-hybridized carbons (Fsp3) is 0.284. The maximum atomic E-state index is 14.0. The van der Waals surface area contributed by atoms with E-state index in [1.807, 2.05) is 22.6 Å². The molecule has 0 radical (unpaired) electrons. The van der Waals surface area contributed by atoms with Crippen molar-refractivity contribution < 1.29 is 169 Å². The predicted molar refractivity (Wildman–Crippen MR) is 527 cm³/mol.